The predicted molar refractivity (Wildman–Crippen MR) is 98.4 cm³/mol. The molecular formula is C20H21NO5. The Labute approximate surface area is 150 Å². The van der Waals surface area contributed by atoms with E-state index >= 15 is 0 Å². The van der Waals surface area contributed by atoms with Crippen LogP contribution in [0.5, 0.6) is 11.5 Å². The number of carbonyl (C=O) groups excluding carboxylic acids is 1. The molecule has 26 heavy (non-hydrogen) atoms. The molecule has 0 amide bonds. The number of oxazole rings is 1. The van der Waals surface area contributed by atoms with Gasteiger partial charge in [-0.2, -0.15) is 0 Å². The van der Waals surface area contributed by atoms with Gasteiger partial charge in [-0.15, -0.1) is 0 Å². The number of benzene rings is 2. The lowest BCUT2D eigenvalue weighted by Crippen LogP contribution is -2.23. The van der Waals surface area contributed by atoms with Crippen molar-refractivity contribution < 1.29 is 18.7 Å². The number of aromatic nitrogens is 1. The van der Waals surface area contributed by atoms with E-state index in [0.29, 0.717) is 28.2 Å². The van der Waals surface area contributed by atoms with Crippen LogP contribution in [0.4, 0.5) is 0 Å². The van der Waals surface area contributed by atoms with Crippen LogP contribution in [-0.2, 0) is 5.41 Å². The lowest BCUT2D eigenvalue weighted by Gasteiger charge is -2.18. The van der Waals surface area contributed by atoms with Gasteiger partial charge in [-0.3, -0.25) is 4.79 Å². The summed E-state index contributed by atoms with van der Waals surface area (Å²) in [5, 5.41) is 0. The minimum absolute atomic E-state index is 0.126. The third-order valence-corrected chi connectivity index (χ3v) is 4.28. The quantitative estimate of drug-likeness (QED) is 0.718. The van der Waals surface area contributed by atoms with Crippen LogP contribution in [0.3, 0.4) is 0 Å². The Hall–Kier alpha value is -3.02. The zero-order chi connectivity index (χ0) is 19.1. The monoisotopic (exact) mass is 355 g/mol. The molecular weight excluding hydrogens is 334 g/mol. The highest BCUT2D eigenvalue weighted by Crippen LogP contribution is 2.29. The molecule has 3 aromatic rings. The highest BCUT2D eigenvalue weighted by molar-refractivity contribution is 6.01. The van der Waals surface area contributed by atoms with Crippen LogP contribution in [0.2, 0.25) is 0 Å². The first kappa shape index (κ1) is 17.8. The van der Waals surface area contributed by atoms with E-state index in [1.165, 1.54) is 14.2 Å². The topological polar surface area (TPSA) is 70.7 Å². The standard InChI is InChI=1S/C20H21NO5/c1-20(2,3)13-7-9-15-14(11-13)21(19(23)26-15)18(22)12-6-8-16(24-4)17(10-12)25-5/h6-11H,1-5H3. The minimum atomic E-state index is -0.717. The van der Waals surface area contributed by atoms with Gasteiger partial charge in [0.15, 0.2) is 17.1 Å². The Morgan fingerprint density at radius 1 is 1.00 bits per heavy atom. The van der Waals surface area contributed by atoms with Gasteiger partial charge in [0.2, 0.25) is 0 Å². The molecule has 0 atom stereocenters. The van der Waals surface area contributed by atoms with Crippen LogP contribution in [0.1, 0.15) is 36.7 Å². The lowest BCUT2D eigenvalue weighted by atomic mass is 9.87. The lowest BCUT2D eigenvalue weighted by molar-refractivity contribution is 0.0956. The van der Waals surface area contributed by atoms with Gasteiger partial charge in [-0.1, -0.05) is 26.8 Å². The highest BCUT2D eigenvalue weighted by atomic mass is 16.5. The van der Waals surface area contributed by atoms with Crippen molar-refractivity contribution in [3.05, 3.63) is 58.1 Å². The number of carbonyl (C=O) groups is 1. The van der Waals surface area contributed by atoms with Gasteiger partial charge >= 0.3 is 5.76 Å². The maximum Gasteiger partial charge on any atom is 0.427 e. The zero-order valence-electron chi connectivity index (χ0n) is 15.5. The third kappa shape index (κ3) is 2.98. The van der Waals surface area contributed by atoms with Gasteiger partial charge in [-0.05, 0) is 41.3 Å². The maximum absolute atomic E-state index is 13.0. The Morgan fingerprint density at radius 2 is 1.69 bits per heavy atom. The van der Waals surface area contributed by atoms with Gasteiger partial charge in [0.05, 0.1) is 19.7 Å². The maximum atomic E-state index is 13.0. The van der Waals surface area contributed by atoms with Gasteiger partial charge < -0.3 is 13.9 Å². The molecule has 0 aliphatic carbocycles. The molecule has 0 spiro atoms. The van der Waals surface area contributed by atoms with Crippen LogP contribution >= 0.6 is 0 Å². The van der Waals surface area contributed by atoms with Gasteiger partial charge in [0.25, 0.3) is 5.91 Å². The molecule has 1 heterocycles. The van der Waals surface area contributed by atoms with Crippen LogP contribution in [0, 0.1) is 0 Å². The summed E-state index contributed by atoms with van der Waals surface area (Å²) in [6.07, 6.45) is 0. The van der Waals surface area contributed by atoms with E-state index in [4.69, 9.17) is 13.9 Å². The molecule has 0 radical (unpaired) electrons. The van der Waals surface area contributed by atoms with E-state index < -0.39 is 11.7 Å². The van der Waals surface area contributed by atoms with Crippen molar-refractivity contribution in [2.45, 2.75) is 26.2 Å². The molecule has 0 unspecified atom stereocenters. The van der Waals surface area contributed by atoms with E-state index in [1.54, 1.807) is 24.3 Å². The SMILES string of the molecule is COc1ccc(C(=O)n2c(=O)oc3ccc(C(C)(C)C)cc32)cc1OC. The summed E-state index contributed by atoms with van der Waals surface area (Å²) >= 11 is 0. The molecule has 3 rings (SSSR count). The second-order valence-corrected chi connectivity index (χ2v) is 7.01. The first-order valence-corrected chi connectivity index (χ1v) is 8.19. The molecule has 0 aliphatic rings. The summed E-state index contributed by atoms with van der Waals surface area (Å²) in [5.41, 5.74) is 1.99. The van der Waals surface area contributed by atoms with Crippen LogP contribution in [0.15, 0.2) is 45.6 Å². The van der Waals surface area contributed by atoms with Crippen molar-refractivity contribution in [1.29, 1.82) is 0 Å². The fraction of sp³-hybridized carbons (Fsp3) is 0.300. The Morgan fingerprint density at radius 3 is 2.31 bits per heavy atom. The van der Waals surface area contributed by atoms with Gasteiger partial charge in [-0.25, -0.2) is 9.36 Å². The number of hydrogen-bond acceptors (Lipinski definition) is 5. The van der Waals surface area contributed by atoms with E-state index in [2.05, 4.69) is 20.8 Å². The number of hydrogen-bond donors (Lipinski definition) is 0. The van der Waals surface area contributed by atoms with Crippen molar-refractivity contribution in [3.8, 4) is 11.5 Å². The molecule has 0 saturated heterocycles. The van der Waals surface area contributed by atoms with E-state index in [1.807, 2.05) is 12.1 Å². The largest absolute Gasteiger partial charge is 0.493 e. The predicted octanol–water partition coefficient (Wildman–Crippen LogP) is 3.60. The Kier molecular flexibility index (Phi) is 4.36. The van der Waals surface area contributed by atoms with Crippen molar-refractivity contribution >= 4 is 17.0 Å². The third-order valence-electron chi connectivity index (χ3n) is 4.28. The number of ether oxygens (including phenoxy) is 2. The van der Waals surface area contributed by atoms with Crippen molar-refractivity contribution in [1.82, 2.24) is 4.57 Å². The molecule has 0 fully saturated rings. The molecule has 0 bridgehead atoms. The second kappa shape index (κ2) is 6.37. The van der Waals surface area contributed by atoms with Gasteiger partial charge in [0.1, 0.15) is 0 Å². The highest BCUT2D eigenvalue weighted by Gasteiger charge is 2.22. The summed E-state index contributed by atoms with van der Waals surface area (Å²) in [4.78, 5) is 25.3. The smallest absolute Gasteiger partial charge is 0.427 e. The fourth-order valence-electron chi connectivity index (χ4n) is 2.77. The zero-order valence-corrected chi connectivity index (χ0v) is 15.5. The number of rotatable bonds is 3. The normalized spacial score (nSPS) is 11.6. The first-order chi connectivity index (χ1) is 12.3. The molecule has 0 saturated carbocycles. The van der Waals surface area contributed by atoms with Crippen LogP contribution in [-0.4, -0.2) is 24.7 Å². The first-order valence-electron chi connectivity index (χ1n) is 8.19. The number of fused-ring (bicyclic) bond motifs is 1. The molecule has 0 N–H and O–H groups in total. The summed E-state index contributed by atoms with van der Waals surface area (Å²) < 4.78 is 16.7. The molecule has 6 nitrogen and oxygen atoms in total. The Bertz CT molecular complexity index is 1040. The van der Waals surface area contributed by atoms with Gasteiger partial charge in [0, 0.05) is 5.56 Å². The average Bonchev–Trinajstić information content (AvgIpc) is 2.94. The molecule has 6 heteroatoms. The Balaban J connectivity index is 2.17. The number of nitrogens with zero attached hydrogens (tertiary/aromatic N) is 1. The van der Waals surface area contributed by atoms with E-state index in [9.17, 15) is 9.59 Å². The second-order valence-electron chi connectivity index (χ2n) is 7.01. The molecule has 0 aliphatic heterocycles. The summed E-state index contributed by atoms with van der Waals surface area (Å²) in [7, 11) is 3.00. The molecule has 1 aromatic heterocycles. The van der Waals surface area contributed by atoms with Crippen molar-refractivity contribution in [2.24, 2.45) is 0 Å². The van der Waals surface area contributed by atoms with Crippen molar-refractivity contribution in [2.75, 3.05) is 14.2 Å². The van der Waals surface area contributed by atoms with Crippen LogP contribution < -0.4 is 15.2 Å². The fourth-order valence-corrected chi connectivity index (χ4v) is 2.77. The minimum Gasteiger partial charge on any atom is -0.493 e. The number of methoxy groups -OCH3 is 2. The van der Waals surface area contributed by atoms with E-state index in [0.717, 1.165) is 10.1 Å². The summed E-state index contributed by atoms with van der Waals surface area (Å²) in [6.45, 7) is 6.19. The average molecular weight is 355 g/mol. The van der Waals surface area contributed by atoms with Crippen molar-refractivity contribution in [3.63, 3.8) is 0 Å². The molecule has 136 valence electrons. The van der Waals surface area contributed by atoms with E-state index in [-0.39, 0.29) is 5.41 Å². The summed E-state index contributed by atoms with van der Waals surface area (Å²) in [6, 6.07) is 10.2. The van der Waals surface area contributed by atoms with Crippen LogP contribution in [0.25, 0.3) is 11.1 Å². The molecule has 2 aromatic carbocycles. The summed E-state index contributed by atoms with van der Waals surface area (Å²) in [5.74, 6) is -0.287.